The first-order chi connectivity index (χ1) is 9.61. The molecule has 1 N–H and O–H groups in total. The Hall–Kier alpha value is -1.82. The summed E-state index contributed by atoms with van der Waals surface area (Å²) in [4.78, 5) is 4.28. The number of halogens is 2. The lowest BCUT2D eigenvalue weighted by molar-refractivity contribution is 0.295. The molecule has 1 aromatic heterocycles. The molecule has 1 aliphatic heterocycles. The fraction of sp³-hybridized carbons (Fsp3) is 0.429. The van der Waals surface area contributed by atoms with Crippen LogP contribution < -0.4 is 5.32 Å². The Morgan fingerprint density at radius 1 is 1.25 bits per heavy atom. The van der Waals surface area contributed by atoms with Crippen LogP contribution in [0.3, 0.4) is 0 Å². The fourth-order valence-corrected chi connectivity index (χ4v) is 2.56. The van der Waals surface area contributed by atoms with Gasteiger partial charge in [-0.05, 0) is 38.4 Å². The van der Waals surface area contributed by atoms with Gasteiger partial charge in [0.05, 0.1) is 0 Å². The van der Waals surface area contributed by atoms with Crippen LogP contribution in [0.25, 0.3) is 11.4 Å². The van der Waals surface area contributed by atoms with E-state index in [1.807, 2.05) is 0 Å². The predicted molar refractivity (Wildman–Crippen MR) is 69.1 cm³/mol. The minimum Gasteiger partial charge on any atom is -0.339 e. The highest BCUT2D eigenvalue weighted by atomic mass is 19.1. The average molecular weight is 279 g/mol. The third-order valence-corrected chi connectivity index (χ3v) is 3.54. The summed E-state index contributed by atoms with van der Waals surface area (Å²) in [6.07, 6.45) is 1.84. The Morgan fingerprint density at radius 2 is 2.00 bits per heavy atom. The van der Waals surface area contributed by atoms with Crippen molar-refractivity contribution in [2.24, 2.45) is 0 Å². The van der Waals surface area contributed by atoms with Gasteiger partial charge in [0.1, 0.15) is 11.6 Å². The summed E-state index contributed by atoms with van der Waals surface area (Å²) < 4.78 is 31.6. The minimum absolute atomic E-state index is 0.200. The minimum atomic E-state index is -0.651. The number of rotatable bonds is 2. The van der Waals surface area contributed by atoms with E-state index in [-0.39, 0.29) is 11.7 Å². The van der Waals surface area contributed by atoms with Gasteiger partial charge in [0, 0.05) is 23.6 Å². The fourth-order valence-electron chi connectivity index (χ4n) is 2.56. The molecule has 2 unspecified atom stereocenters. The van der Waals surface area contributed by atoms with Crippen LogP contribution in [-0.2, 0) is 0 Å². The van der Waals surface area contributed by atoms with Crippen molar-refractivity contribution >= 4 is 0 Å². The van der Waals surface area contributed by atoms with Gasteiger partial charge in [-0.1, -0.05) is 5.16 Å². The summed E-state index contributed by atoms with van der Waals surface area (Å²) in [6, 6.07) is 3.61. The number of aromatic nitrogens is 2. The maximum atomic E-state index is 13.2. The molecular weight excluding hydrogens is 264 g/mol. The SMILES string of the molecule is CC1CC(c2nc(-c3cc(F)cc(F)c3)no2)CCN1. The van der Waals surface area contributed by atoms with Crippen LogP contribution in [0.4, 0.5) is 8.78 Å². The quantitative estimate of drug-likeness (QED) is 0.918. The van der Waals surface area contributed by atoms with Gasteiger partial charge in [0.25, 0.3) is 0 Å². The first-order valence-electron chi connectivity index (χ1n) is 6.65. The zero-order valence-electron chi connectivity index (χ0n) is 11.1. The predicted octanol–water partition coefficient (Wildman–Crippen LogP) is 2.87. The summed E-state index contributed by atoms with van der Waals surface area (Å²) in [5, 5.41) is 7.18. The van der Waals surface area contributed by atoms with E-state index in [0.29, 0.717) is 17.5 Å². The summed E-state index contributed by atoms with van der Waals surface area (Å²) >= 11 is 0. The maximum absolute atomic E-state index is 13.2. The first kappa shape index (κ1) is 13.2. The van der Waals surface area contributed by atoms with Gasteiger partial charge in [-0.25, -0.2) is 8.78 Å². The number of nitrogens with zero attached hydrogens (tertiary/aromatic N) is 2. The molecule has 2 heterocycles. The first-order valence-corrected chi connectivity index (χ1v) is 6.65. The molecule has 2 aromatic rings. The highest BCUT2D eigenvalue weighted by molar-refractivity contribution is 5.54. The molecule has 1 aliphatic rings. The summed E-state index contributed by atoms with van der Waals surface area (Å²) in [5.41, 5.74) is 0.291. The molecule has 20 heavy (non-hydrogen) atoms. The molecule has 0 aliphatic carbocycles. The molecule has 1 aromatic carbocycles. The van der Waals surface area contributed by atoms with Crippen molar-refractivity contribution in [3.8, 4) is 11.4 Å². The van der Waals surface area contributed by atoms with E-state index in [1.165, 1.54) is 12.1 Å². The van der Waals surface area contributed by atoms with E-state index in [1.54, 1.807) is 0 Å². The summed E-state index contributed by atoms with van der Waals surface area (Å²) in [6.45, 7) is 3.00. The molecule has 106 valence electrons. The van der Waals surface area contributed by atoms with Gasteiger partial charge in [-0.2, -0.15) is 4.98 Å². The summed E-state index contributed by atoms with van der Waals surface area (Å²) in [5.74, 6) is -0.336. The molecule has 0 amide bonds. The monoisotopic (exact) mass is 279 g/mol. The van der Waals surface area contributed by atoms with E-state index < -0.39 is 11.6 Å². The van der Waals surface area contributed by atoms with Crippen molar-refractivity contribution in [3.63, 3.8) is 0 Å². The number of nitrogens with one attached hydrogen (secondary N) is 1. The Labute approximate surface area is 115 Å². The second-order valence-corrected chi connectivity index (χ2v) is 5.19. The zero-order valence-corrected chi connectivity index (χ0v) is 11.1. The molecule has 4 nitrogen and oxygen atoms in total. The molecule has 1 fully saturated rings. The van der Waals surface area contributed by atoms with Crippen LogP contribution in [0.1, 0.15) is 31.6 Å². The molecule has 0 bridgehead atoms. The molecule has 3 rings (SSSR count). The third kappa shape index (κ3) is 2.70. The Morgan fingerprint density at radius 3 is 2.70 bits per heavy atom. The lowest BCUT2D eigenvalue weighted by atomic mass is 9.93. The number of hydrogen-bond acceptors (Lipinski definition) is 4. The molecule has 1 saturated heterocycles. The van der Waals surface area contributed by atoms with Crippen molar-refractivity contribution in [3.05, 3.63) is 35.7 Å². The third-order valence-electron chi connectivity index (χ3n) is 3.54. The van der Waals surface area contributed by atoms with Crippen LogP contribution in [0.15, 0.2) is 22.7 Å². The van der Waals surface area contributed by atoms with Crippen LogP contribution in [0, 0.1) is 11.6 Å². The Balaban J connectivity index is 1.86. The molecule has 0 radical (unpaired) electrons. The number of hydrogen-bond donors (Lipinski definition) is 1. The van der Waals surface area contributed by atoms with Crippen molar-refractivity contribution in [1.29, 1.82) is 0 Å². The highest BCUT2D eigenvalue weighted by Gasteiger charge is 2.25. The number of piperidine rings is 1. The summed E-state index contributed by atoms with van der Waals surface area (Å²) in [7, 11) is 0. The lowest BCUT2D eigenvalue weighted by Gasteiger charge is -2.25. The molecular formula is C14H15F2N3O. The van der Waals surface area contributed by atoms with E-state index in [0.717, 1.165) is 25.5 Å². The van der Waals surface area contributed by atoms with Crippen LogP contribution in [-0.4, -0.2) is 22.7 Å². The van der Waals surface area contributed by atoms with E-state index >= 15 is 0 Å². The van der Waals surface area contributed by atoms with Gasteiger partial charge in [-0.15, -0.1) is 0 Å². The van der Waals surface area contributed by atoms with Gasteiger partial charge >= 0.3 is 0 Å². The second kappa shape index (κ2) is 5.28. The largest absolute Gasteiger partial charge is 0.339 e. The molecule has 6 heteroatoms. The zero-order chi connectivity index (χ0) is 14.1. The van der Waals surface area contributed by atoms with E-state index in [4.69, 9.17) is 4.52 Å². The van der Waals surface area contributed by atoms with Gasteiger partial charge < -0.3 is 9.84 Å². The number of benzene rings is 1. The smallest absolute Gasteiger partial charge is 0.230 e. The topological polar surface area (TPSA) is 51.0 Å². The molecule has 0 saturated carbocycles. The van der Waals surface area contributed by atoms with Gasteiger partial charge in [0.2, 0.25) is 11.7 Å². The Kier molecular flexibility index (Phi) is 3.48. The highest BCUT2D eigenvalue weighted by Crippen LogP contribution is 2.28. The molecule has 0 spiro atoms. The van der Waals surface area contributed by atoms with Crippen LogP contribution in [0.2, 0.25) is 0 Å². The standard InChI is InChI=1S/C14H15F2N3O/c1-8-4-9(2-3-17-8)14-18-13(19-20-14)10-5-11(15)7-12(16)6-10/h5-9,17H,2-4H2,1H3. The van der Waals surface area contributed by atoms with Gasteiger partial charge in [0.15, 0.2) is 0 Å². The normalized spacial score (nSPS) is 22.9. The average Bonchev–Trinajstić information content (AvgIpc) is 2.87. The maximum Gasteiger partial charge on any atom is 0.230 e. The van der Waals surface area contributed by atoms with Crippen LogP contribution in [0.5, 0.6) is 0 Å². The van der Waals surface area contributed by atoms with Crippen molar-refractivity contribution in [1.82, 2.24) is 15.5 Å². The second-order valence-electron chi connectivity index (χ2n) is 5.19. The van der Waals surface area contributed by atoms with Crippen molar-refractivity contribution in [2.45, 2.75) is 31.7 Å². The van der Waals surface area contributed by atoms with Crippen LogP contribution >= 0.6 is 0 Å². The van der Waals surface area contributed by atoms with Crippen molar-refractivity contribution in [2.75, 3.05) is 6.54 Å². The van der Waals surface area contributed by atoms with Gasteiger partial charge in [-0.3, -0.25) is 0 Å². The van der Waals surface area contributed by atoms with Crippen molar-refractivity contribution < 1.29 is 13.3 Å². The Bertz CT molecular complexity index is 594. The molecule has 2 atom stereocenters. The van der Waals surface area contributed by atoms with E-state index in [2.05, 4.69) is 22.4 Å². The van der Waals surface area contributed by atoms with E-state index in [9.17, 15) is 8.78 Å². The lowest BCUT2D eigenvalue weighted by Crippen LogP contribution is -2.34.